The van der Waals surface area contributed by atoms with E-state index in [9.17, 15) is 13.2 Å². The molecule has 1 aromatic rings. The van der Waals surface area contributed by atoms with Gasteiger partial charge in [0.25, 0.3) is 0 Å². The number of anilines is 1. The fraction of sp³-hybridized carbons (Fsp3) is 0.333. The fourth-order valence-corrected chi connectivity index (χ4v) is 3.96. The molecule has 1 aromatic carbocycles. The summed E-state index contributed by atoms with van der Waals surface area (Å²) in [5, 5.41) is 2.70. The Kier molecular flexibility index (Phi) is 3.86. The molecule has 1 fully saturated rings. The molecule has 1 atom stereocenters. The van der Waals surface area contributed by atoms with E-state index >= 15 is 0 Å². The van der Waals surface area contributed by atoms with Crippen LogP contribution in [0.4, 0.5) is 5.69 Å². The number of para-hydroxylation sites is 1. The number of carbonyl (C=O) groups excluding carboxylic acids is 1. The van der Waals surface area contributed by atoms with Gasteiger partial charge in [-0.2, -0.15) is 0 Å². The summed E-state index contributed by atoms with van der Waals surface area (Å²) in [7, 11) is -3.07. The molecule has 1 amide bonds. The van der Waals surface area contributed by atoms with Gasteiger partial charge >= 0.3 is 0 Å². The lowest BCUT2D eigenvalue weighted by Crippen LogP contribution is -2.25. The summed E-state index contributed by atoms with van der Waals surface area (Å²) in [5.41, 5.74) is 6.66. The first-order valence-electron chi connectivity index (χ1n) is 5.79. The summed E-state index contributed by atoms with van der Waals surface area (Å²) in [4.78, 5) is 12.2. The number of rotatable bonds is 3. The Morgan fingerprint density at radius 2 is 2.05 bits per heavy atom. The van der Waals surface area contributed by atoms with Crippen LogP contribution in [0.1, 0.15) is 12.0 Å². The molecule has 2 rings (SSSR count). The summed E-state index contributed by atoms with van der Waals surface area (Å²) in [5.74, 6) is -0.815. The molecule has 0 aromatic heterocycles. The lowest BCUT2D eigenvalue weighted by molar-refractivity contribution is -0.119. The maximum atomic E-state index is 12.0. The normalized spacial score (nSPS) is 20.9. The van der Waals surface area contributed by atoms with Crippen molar-refractivity contribution in [3.8, 4) is 0 Å². The second-order valence-electron chi connectivity index (χ2n) is 4.50. The third kappa shape index (κ3) is 3.30. The highest BCUT2D eigenvalue weighted by Crippen LogP contribution is 2.22. The zero-order valence-electron chi connectivity index (χ0n) is 10.1. The molecule has 1 heterocycles. The van der Waals surface area contributed by atoms with Crippen LogP contribution in [-0.2, 0) is 14.6 Å². The molecule has 19 heavy (non-hydrogen) atoms. The molecule has 3 N–H and O–H groups in total. The van der Waals surface area contributed by atoms with Crippen molar-refractivity contribution in [2.75, 3.05) is 16.8 Å². The minimum atomic E-state index is -3.07. The van der Waals surface area contributed by atoms with Crippen molar-refractivity contribution in [3.63, 3.8) is 0 Å². The molecule has 102 valence electrons. The molecule has 1 aliphatic rings. The van der Waals surface area contributed by atoms with E-state index in [0.717, 1.165) is 0 Å². The van der Waals surface area contributed by atoms with Crippen LogP contribution in [0.25, 0.3) is 0 Å². The summed E-state index contributed by atoms with van der Waals surface area (Å²) in [6.45, 7) is 0. The Balaban J connectivity index is 2.14. The Morgan fingerprint density at radius 1 is 1.37 bits per heavy atom. The van der Waals surface area contributed by atoms with E-state index < -0.39 is 15.8 Å². The number of hydrogen-bond acceptors (Lipinski definition) is 4. The molecule has 7 heteroatoms. The number of hydrogen-bond donors (Lipinski definition) is 2. The van der Waals surface area contributed by atoms with Crippen LogP contribution in [0.15, 0.2) is 24.3 Å². The summed E-state index contributed by atoms with van der Waals surface area (Å²) in [6, 6.07) is 6.92. The number of nitrogens with one attached hydrogen (secondary N) is 1. The van der Waals surface area contributed by atoms with Gasteiger partial charge in [-0.3, -0.25) is 4.79 Å². The van der Waals surface area contributed by atoms with Crippen molar-refractivity contribution >= 4 is 38.6 Å². The molecule has 5 nitrogen and oxygen atoms in total. The van der Waals surface area contributed by atoms with Gasteiger partial charge in [0.2, 0.25) is 5.91 Å². The van der Waals surface area contributed by atoms with E-state index in [2.05, 4.69) is 5.32 Å². The van der Waals surface area contributed by atoms with Crippen LogP contribution in [0, 0.1) is 5.92 Å². The van der Waals surface area contributed by atoms with Gasteiger partial charge in [-0.1, -0.05) is 24.4 Å². The Bertz CT molecular complexity index is 626. The van der Waals surface area contributed by atoms with Crippen LogP contribution in [0.5, 0.6) is 0 Å². The summed E-state index contributed by atoms with van der Waals surface area (Å²) >= 11 is 4.90. The van der Waals surface area contributed by atoms with Crippen molar-refractivity contribution in [1.29, 1.82) is 0 Å². The summed E-state index contributed by atoms with van der Waals surface area (Å²) < 4.78 is 22.7. The standard InChI is InChI=1S/C12H14N2O3S2/c13-11(18)9-3-1-2-4-10(9)14-12(15)8-5-6-19(16,17)7-8/h1-4,8H,5-7H2,(H2,13,18)(H,14,15). The lowest BCUT2D eigenvalue weighted by Gasteiger charge is -2.12. The quantitative estimate of drug-likeness (QED) is 0.802. The highest BCUT2D eigenvalue weighted by Gasteiger charge is 2.33. The first kappa shape index (κ1) is 14.0. The average molecular weight is 298 g/mol. The van der Waals surface area contributed by atoms with Crippen LogP contribution >= 0.6 is 12.2 Å². The maximum absolute atomic E-state index is 12.0. The van der Waals surface area contributed by atoms with Crippen molar-refractivity contribution in [1.82, 2.24) is 0 Å². The van der Waals surface area contributed by atoms with Crippen LogP contribution in [0.2, 0.25) is 0 Å². The SMILES string of the molecule is NC(=S)c1ccccc1NC(=O)C1CCS(=O)(=O)C1. The van der Waals surface area contributed by atoms with Gasteiger partial charge in [0, 0.05) is 5.56 Å². The van der Waals surface area contributed by atoms with Crippen molar-refractivity contribution < 1.29 is 13.2 Å². The van der Waals surface area contributed by atoms with Crippen molar-refractivity contribution in [2.45, 2.75) is 6.42 Å². The Labute approximate surface area is 117 Å². The predicted molar refractivity (Wildman–Crippen MR) is 77.7 cm³/mol. The molecule has 0 spiro atoms. The molecule has 0 radical (unpaired) electrons. The van der Waals surface area contributed by atoms with Gasteiger partial charge in [0.15, 0.2) is 9.84 Å². The fourth-order valence-electron chi connectivity index (χ4n) is 2.04. The number of sulfone groups is 1. The van der Waals surface area contributed by atoms with Gasteiger partial charge in [0.1, 0.15) is 4.99 Å². The smallest absolute Gasteiger partial charge is 0.228 e. The van der Waals surface area contributed by atoms with Gasteiger partial charge in [0.05, 0.1) is 23.1 Å². The third-order valence-corrected chi connectivity index (χ3v) is 5.04. The van der Waals surface area contributed by atoms with E-state index in [-0.39, 0.29) is 22.4 Å². The lowest BCUT2D eigenvalue weighted by atomic mass is 10.1. The monoisotopic (exact) mass is 298 g/mol. The van der Waals surface area contributed by atoms with Crippen molar-refractivity contribution in [3.05, 3.63) is 29.8 Å². The Hall–Kier alpha value is -1.47. The number of benzene rings is 1. The van der Waals surface area contributed by atoms with Crippen LogP contribution in [0.3, 0.4) is 0 Å². The molecular weight excluding hydrogens is 284 g/mol. The van der Waals surface area contributed by atoms with Gasteiger partial charge in [-0.25, -0.2) is 8.42 Å². The second kappa shape index (κ2) is 5.26. The Morgan fingerprint density at radius 3 is 2.63 bits per heavy atom. The molecule has 1 unspecified atom stereocenters. The number of thiocarbonyl (C=S) groups is 1. The molecule has 0 bridgehead atoms. The third-order valence-electron chi connectivity index (χ3n) is 3.05. The van der Waals surface area contributed by atoms with E-state index in [1.807, 2.05) is 0 Å². The van der Waals surface area contributed by atoms with Gasteiger partial charge in [-0.15, -0.1) is 0 Å². The molecule has 1 aliphatic heterocycles. The number of amides is 1. The van der Waals surface area contributed by atoms with Gasteiger partial charge < -0.3 is 11.1 Å². The van der Waals surface area contributed by atoms with Crippen LogP contribution in [-0.4, -0.2) is 30.8 Å². The second-order valence-corrected chi connectivity index (χ2v) is 7.17. The molecular formula is C12H14N2O3S2. The molecule has 0 saturated carbocycles. The predicted octanol–water partition coefficient (Wildman–Crippen LogP) is 0.694. The van der Waals surface area contributed by atoms with E-state index in [0.29, 0.717) is 17.7 Å². The van der Waals surface area contributed by atoms with E-state index in [1.165, 1.54) is 0 Å². The van der Waals surface area contributed by atoms with E-state index in [1.54, 1.807) is 24.3 Å². The zero-order chi connectivity index (χ0) is 14.0. The minimum Gasteiger partial charge on any atom is -0.389 e. The minimum absolute atomic E-state index is 0.0715. The topological polar surface area (TPSA) is 89.3 Å². The maximum Gasteiger partial charge on any atom is 0.228 e. The number of carbonyl (C=O) groups is 1. The van der Waals surface area contributed by atoms with Crippen molar-refractivity contribution in [2.24, 2.45) is 11.7 Å². The zero-order valence-corrected chi connectivity index (χ0v) is 11.8. The van der Waals surface area contributed by atoms with Gasteiger partial charge in [-0.05, 0) is 18.6 Å². The highest BCUT2D eigenvalue weighted by atomic mass is 32.2. The highest BCUT2D eigenvalue weighted by molar-refractivity contribution is 7.91. The molecule has 0 aliphatic carbocycles. The first-order chi connectivity index (χ1) is 8.89. The van der Waals surface area contributed by atoms with Crippen LogP contribution < -0.4 is 11.1 Å². The largest absolute Gasteiger partial charge is 0.389 e. The number of nitrogens with two attached hydrogens (primary N) is 1. The summed E-state index contributed by atoms with van der Waals surface area (Å²) in [6.07, 6.45) is 0.364. The first-order valence-corrected chi connectivity index (χ1v) is 8.02. The average Bonchev–Trinajstić information content (AvgIpc) is 2.70. The molecule has 1 saturated heterocycles. The van der Waals surface area contributed by atoms with E-state index in [4.69, 9.17) is 18.0 Å².